The minimum absolute atomic E-state index is 0.171. The van der Waals surface area contributed by atoms with Gasteiger partial charge < -0.3 is 5.32 Å². The highest BCUT2D eigenvalue weighted by molar-refractivity contribution is 7.09. The van der Waals surface area contributed by atoms with Gasteiger partial charge in [-0.05, 0) is 44.5 Å². The minimum atomic E-state index is -0.171. The predicted octanol–water partition coefficient (Wildman–Crippen LogP) is 3.48. The van der Waals surface area contributed by atoms with E-state index in [-0.39, 0.29) is 11.9 Å². The first-order valence-corrected chi connectivity index (χ1v) is 6.93. The number of aryl methyl sites for hydroxylation is 1. The maximum Gasteiger partial charge on any atom is 0.123 e. The molecule has 0 saturated carbocycles. The standard InChI is InChI=1S/C14H17FN2S/c1-10(14-9-18-11(2)17-14)16-7-6-12-4-3-5-13(15)8-12/h3-5,8-10,16H,6-7H2,1-2H3. The molecule has 1 unspecified atom stereocenters. The molecular formula is C14H17FN2S. The summed E-state index contributed by atoms with van der Waals surface area (Å²) < 4.78 is 13.0. The van der Waals surface area contributed by atoms with Crippen molar-refractivity contribution in [3.05, 3.63) is 51.7 Å². The zero-order valence-electron chi connectivity index (χ0n) is 10.6. The monoisotopic (exact) mass is 264 g/mol. The Bertz CT molecular complexity index is 510. The molecular weight excluding hydrogens is 247 g/mol. The number of thiazole rings is 1. The van der Waals surface area contributed by atoms with Gasteiger partial charge in [-0.3, -0.25) is 0 Å². The molecule has 18 heavy (non-hydrogen) atoms. The summed E-state index contributed by atoms with van der Waals surface area (Å²) in [6.07, 6.45) is 0.825. The van der Waals surface area contributed by atoms with Gasteiger partial charge in [0.1, 0.15) is 5.82 Å². The molecule has 1 heterocycles. The Balaban J connectivity index is 1.82. The Hall–Kier alpha value is -1.26. The Morgan fingerprint density at radius 2 is 2.28 bits per heavy atom. The lowest BCUT2D eigenvalue weighted by Gasteiger charge is -2.11. The number of aromatic nitrogens is 1. The molecule has 2 rings (SSSR count). The van der Waals surface area contributed by atoms with Gasteiger partial charge in [0.25, 0.3) is 0 Å². The second-order valence-electron chi connectivity index (χ2n) is 4.35. The zero-order chi connectivity index (χ0) is 13.0. The van der Waals surface area contributed by atoms with Gasteiger partial charge in [-0.2, -0.15) is 0 Å². The second kappa shape index (κ2) is 6.07. The Labute approximate surface area is 111 Å². The number of nitrogens with one attached hydrogen (secondary N) is 1. The normalized spacial score (nSPS) is 12.6. The summed E-state index contributed by atoms with van der Waals surface area (Å²) in [4.78, 5) is 4.45. The molecule has 0 radical (unpaired) electrons. The fraction of sp³-hybridized carbons (Fsp3) is 0.357. The lowest BCUT2D eigenvalue weighted by Crippen LogP contribution is -2.21. The molecule has 4 heteroatoms. The van der Waals surface area contributed by atoms with Gasteiger partial charge >= 0.3 is 0 Å². The average molecular weight is 264 g/mol. The molecule has 0 bridgehead atoms. The van der Waals surface area contributed by atoms with Crippen molar-refractivity contribution in [2.45, 2.75) is 26.3 Å². The van der Waals surface area contributed by atoms with E-state index in [4.69, 9.17) is 0 Å². The number of nitrogens with zero attached hydrogens (tertiary/aromatic N) is 1. The van der Waals surface area contributed by atoms with Crippen molar-refractivity contribution in [1.29, 1.82) is 0 Å². The third-order valence-corrected chi connectivity index (χ3v) is 3.63. The van der Waals surface area contributed by atoms with Crippen molar-refractivity contribution in [3.63, 3.8) is 0 Å². The van der Waals surface area contributed by atoms with Crippen molar-refractivity contribution in [2.75, 3.05) is 6.54 Å². The molecule has 0 aliphatic rings. The van der Waals surface area contributed by atoms with Gasteiger partial charge in [0.15, 0.2) is 0 Å². The van der Waals surface area contributed by atoms with Gasteiger partial charge in [0, 0.05) is 11.4 Å². The zero-order valence-corrected chi connectivity index (χ0v) is 11.4. The summed E-state index contributed by atoms with van der Waals surface area (Å²) in [6, 6.07) is 6.99. The number of hydrogen-bond acceptors (Lipinski definition) is 3. The largest absolute Gasteiger partial charge is 0.308 e. The summed E-state index contributed by atoms with van der Waals surface area (Å²) in [6.45, 7) is 4.93. The van der Waals surface area contributed by atoms with Crippen LogP contribution in [0, 0.1) is 12.7 Å². The van der Waals surface area contributed by atoms with Crippen LogP contribution >= 0.6 is 11.3 Å². The van der Waals surface area contributed by atoms with Crippen LogP contribution < -0.4 is 5.32 Å². The Morgan fingerprint density at radius 3 is 2.94 bits per heavy atom. The molecule has 96 valence electrons. The smallest absolute Gasteiger partial charge is 0.123 e. The first kappa shape index (κ1) is 13.2. The van der Waals surface area contributed by atoms with Crippen LogP contribution in [-0.2, 0) is 6.42 Å². The van der Waals surface area contributed by atoms with Gasteiger partial charge in [0.05, 0.1) is 10.7 Å². The summed E-state index contributed by atoms with van der Waals surface area (Å²) in [7, 11) is 0. The molecule has 1 N–H and O–H groups in total. The van der Waals surface area contributed by atoms with Crippen molar-refractivity contribution < 1.29 is 4.39 Å². The van der Waals surface area contributed by atoms with Crippen LogP contribution in [0.1, 0.15) is 29.2 Å². The van der Waals surface area contributed by atoms with E-state index in [0.29, 0.717) is 0 Å². The Kier molecular flexibility index (Phi) is 4.44. The summed E-state index contributed by atoms with van der Waals surface area (Å²) in [5, 5.41) is 6.57. The van der Waals surface area contributed by atoms with E-state index in [1.165, 1.54) is 6.07 Å². The van der Waals surface area contributed by atoms with E-state index in [0.717, 1.165) is 29.2 Å². The maximum absolute atomic E-state index is 13.0. The van der Waals surface area contributed by atoms with Crippen LogP contribution in [-0.4, -0.2) is 11.5 Å². The highest BCUT2D eigenvalue weighted by Crippen LogP contribution is 2.15. The highest BCUT2D eigenvalue weighted by atomic mass is 32.1. The van der Waals surface area contributed by atoms with Crippen LogP contribution in [0.2, 0.25) is 0 Å². The molecule has 0 aliphatic heterocycles. The van der Waals surface area contributed by atoms with Gasteiger partial charge in [0.2, 0.25) is 0 Å². The molecule has 2 nitrogen and oxygen atoms in total. The van der Waals surface area contributed by atoms with E-state index in [1.807, 2.05) is 13.0 Å². The van der Waals surface area contributed by atoms with Crippen LogP contribution in [0.25, 0.3) is 0 Å². The molecule has 0 saturated heterocycles. The third kappa shape index (κ3) is 3.62. The van der Waals surface area contributed by atoms with E-state index in [9.17, 15) is 4.39 Å². The number of hydrogen-bond donors (Lipinski definition) is 1. The van der Waals surface area contributed by atoms with Crippen LogP contribution in [0.15, 0.2) is 29.6 Å². The SMILES string of the molecule is Cc1nc(C(C)NCCc2cccc(F)c2)cs1. The van der Waals surface area contributed by atoms with Crippen molar-refractivity contribution in [1.82, 2.24) is 10.3 Å². The van der Waals surface area contributed by atoms with Crippen LogP contribution in [0.5, 0.6) is 0 Å². The fourth-order valence-electron chi connectivity index (χ4n) is 1.81. The first-order chi connectivity index (χ1) is 8.65. The molecule has 0 amide bonds. The van der Waals surface area contributed by atoms with Crippen molar-refractivity contribution in [2.24, 2.45) is 0 Å². The first-order valence-electron chi connectivity index (χ1n) is 6.05. The Morgan fingerprint density at radius 1 is 1.44 bits per heavy atom. The molecule has 1 atom stereocenters. The predicted molar refractivity (Wildman–Crippen MR) is 73.4 cm³/mol. The van der Waals surface area contributed by atoms with E-state index in [2.05, 4.69) is 22.6 Å². The van der Waals surface area contributed by atoms with E-state index < -0.39 is 0 Å². The number of halogens is 1. The number of benzene rings is 1. The van der Waals surface area contributed by atoms with Crippen molar-refractivity contribution >= 4 is 11.3 Å². The minimum Gasteiger partial charge on any atom is -0.308 e. The fourth-order valence-corrected chi connectivity index (χ4v) is 2.52. The third-order valence-electron chi connectivity index (χ3n) is 2.83. The van der Waals surface area contributed by atoms with Crippen molar-refractivity contribution in [3.8, 4) is 0 Å². The molecule has 0 fully saturated rings. The maximum atomic E-state index is 13.0. The topological polar surface area (TPSA) is 24.9 Å². The summed E-state index contributed by atoms with van der Waals surface area (Å²) in [5.74, 6) is -0.171. The summed E-state index contributed by atoms with van der Waals surface area (Å²) >= 11 is 1.66. The average Bonchev–Trinajstić information content (AvgIpc) is 2.76. The lowest BCUT2D eigenvalue weighted by molar-refractivity contribution is 0.564. The molecule has 0 aliphatic carbocycles. The molecule has 1 aromatic heterocycles. The number of rotatable bonds is 5. The lowest BCUT2D eigenvalue weighted by atomic mass is 10.1. The molecule has 1 aromatic carbocycles. The highest BCUT2D eigenvalue weighted by Gasteiger charge is 2.07. The summed E-state index contributed by atoms with van der Waals surface area (Å²) in [5.41, 5.74) is 2.10. The quantitative estimate of drug-likeness (QED) is 0.894. The molecule has 2 aromatic rings. The van der Waals surface area contributed by atoms with Crippen LogP contribution in [0.4, 0.5) is 4.39 Å². The van der Waals surface area contributed by atoms with E-state index >= 15 is 0 Å². The van der Waals surface area contributed by atoms with Crippen LogP contribution in [0.3, 0.4) is 0 Å². The molecule has 0 spiro atoms. The van der Waals surface area contributed by atoms with Gasteiger partial charge in [-0.15, -0.1) is 11.3 Å². The van der Waals surface area contributed by atoms with Gasteiger partial charge in [-0.25, -0.2) is 9.37 Å². The van der Waals surface area contributed by atoms with E-state index in [1.54, 1.807) is 23.5 Å². The van der Waals surface area contributed by atoms with Gasteiger partial charge in [-0.1, -0.05) is 12.1 Å². The second-order valence-corrected chi connectivity index (χ2v) is 5.41.